The Balaban J connectivity index is 2.06. The first-order valence-electron chi connectivity index (χ1n) is 9.97. The number of aliphatic carboxylic acids is 1. The number of carboxylic acid groups (broad SMARTS) is 1. The number of nitrogens with one attached hydrogen (secondary N) is 1. The van der Waals surface area contributed by atoms with Gasteiger partial charge in [0.25, 0.3) is 0 Å². The first-order valence-corrected chi connectivity index (χ1v) is 10.7. The number of hydrogen-bond acceptors (Lipinski definition) is 2. The molecule has 1 heterocycles. The molecule has 0 aromatic heterocycles. The molecule has 1 amide bonds. The number of benzene rings is 2. The van der Waals surface area contributed by atoms with Gasteiger partial charge < -0.3 is 10.4 Å². The number of carboxylic acids is 1. The van der Waals surface area contributed by atoms with Gasteiger partial charge in [0, 0.05) is 22.2 Å². The van der Waals surface area contributed by atoms with Crippen LogP contribution in [0, 0.1) is 17.2 Å². The van der Waals surface area contributed by atoms with Gasteiger partial charge in [0.1, 0.15) is 5.82 Å². The minimum atomic E-state index is -1.33. The number of fused-ring (bicyclic) bond motifs is 2. The smallest absolute Gasteiger partial charge is 0.331 e. The molecule has 4 rings (SSSR count). The summed E-state index contributed by atoms with van der Waals surface area (Å²) in [6.45, 7) is 6.08. The van der Waals surface area contributed by atoms with Crippen LogP contribution in [-0.4, -0.2) is 17.0 Å². The highest BCUT2D eigenvalue weighted by Crippen LogP contribution is 2.61. The monoisotopic (exact) mass is 461 g/mol. The highest BCUT2D eigenvalue weighted by molar-refractivity contribution is 6.31. The second-order valence-electron chi connectivity index (χ2n) is 9.39. The molecule has 1 aliphatic carbocycles. The Labute approximate surface area is 190 Å². The van der Waals surface area contributed by atoms with Gasteiger partial charge in [-0.05, 0) is 47.1 Å². The third-order valence-corrected chi connectivity index (χ3v) is 6.68. The minimum absolute atomic E-state index is 0.00614. The number of amides is 1. The Morgan fingerprint density at radius 1 is 1.23 bits per heavy atom. The summed E-state index contributed by atoms with van der Waals surface area (Å²) in [4.78, 5) is 26.0. The van der Waals surface area contributed by atoms with Crippen LogP contribution in [0.3, 0.4) is 0 Å². The zero-order valence-corrected chi connectivity index (χ0v) is 18.8. The molecule has 0 radical (unpaired) electrons. The van der Waals surface area contributed by atoms with Crippen molar-refractivity contribution in [2.45, 2.75) is 38.5 Å². The Morgan fingerprint density at radius 3 is 2.58 bits per heavy atom. The van der Waals surface area contributed by atoms with Crippen molar-refractivity contribution in [1.29, 1.82) is 0 Å². The summed E-state index contributed by atoms with van der Waals surface area (Å²) in [5.74, 6) is -3.78. The molecular weight excluding hydrogens is 440 g/mol. The molecule has 2 aromatic carbocycles. The normalized spacial score (nSPS) is 24.8. The van der Waals surface area contributed by atoms with Crippen LogP contribution >= 0.6 is 23.2 Å². The van der Waals surface area contributed by atoms with Crippen LogP contribution in [0.2, 0.25) is 10.0 Å². The van der Waals surface area contributed by atoms with E-state index in [1.165, 1.54) is 12.1 Å². The Kier molecular flexibility index (Phi) is 5.18. The van der Waals surface area contributed by atoms with Crippen molar-refractivity contribution < 1.29 is 19.1 Å². The molecule has 0 bridgehead atoms. The maximum absolute atomic E-state index is 15.3. The number of rotatable bonds is 3. The van der Waals surface area contributed by atoms with Crippen molar-refractivity contribution in [3.63, 3.8) is 0 Å². The van der Waals surface area contributed by atoms with Gasteiger partial charge in [-0.15, -0.1) is 0 Å². The first kappa shape index (κ1) is 21.8. The van der Waals surface area contributed by atoms with Crippen LogP contribution in [0.15, 0.2) is 48.0 Å². The van der Waals surface area contributed by atoms with Gasteiger partial charge in [-0.3, -0.25) is 4.79 Å². The van der Waals surface area contributed by atoms with E-state index < -0.39 is 29.0 Å². The minimum Gasteiger partial charge on any atom is -0.478 e. The van der Waals surface area contributed by atoms with Crippen molar-refractivity contribution in [2.75, 3.05) is 5.32 Å². The Bertz CT molecular complexity index is 1140. The molecule has 0 saturated carbocycles. The van der Waals surface area contributed by atoms with E-state index >= 15 is 4.39 Å². The van der Waals surface area contributed by atoms with Crippen LogP contribution in [0.1, 0.15) is 44.2 Å². The van der Waals surface area contributed by atoms with Crippen molar-refractivity contribution in [3.8, 4) is 0 Å². The first-order chi connectivity index (χ1) is 14.5. The molecule has 4 nitrogen and oxygen atoms in total. The van der Waals surface area contributed by atoms with Gasteiger partial charge in [-0.2, -0.15) is 0 Å². The molecule has 31 heavy (non-hydrogen) atoms. The Morgan fingerprint density at radius 2 is 1.94 bits per heavy atom. The molecule has 0 saturated heterocycles. The van der Waals surface area contributed by atoms with E-state index in [1.54, 1.807) is 30.3 Å². The molecule has 0 fully saturated rings. The third-order valence-electron chi connectivity index (χ3n) is 6.15. The van der Waals surface area contributed by atoms with E-state index in [2.05, 4.69) is 5.32 Å². The molecule has 162 valence electrons. The van der Waals surface area contributed by atoms with Crippen molar-refractivity contribution in [2.24, 2.45) is 11.3 Å². The summed E-state index contributed by atoms with van der Waals surface area (Å²) < 4.78 is 15.3. The van der Waals surface area contributed by atoms with E-state index in [0.29, 0.717) is 22.7 Å². The highest BCUT2D eigenvalue weighted by atomic mass is 35.5. The topological polar surface area (TPSA) is 66.4 Å². The molecule has 2 N–H and O–H groups in total. The van der Waals surface area contributed by atoms with Crippen LogP contribution < -0.4 is 5.32 Å². The van der Waals surface area contributed by atoms with Crippen molar-refractivity contribution >= 4 is 40.8 Å². The summed E-state index contributed by atoms with van der Waals surface area (Å²) in [5, 5.41) is 13.3. The number of anilines is 1. The molecule has 7 heteroatoms. The number of allylic oxidation sites excluding steroid dienone is 1. The lowest BCUT2D eigenvalue weighted by atomic mass is 9.61. The number of hydrogen-bond donors (Lipinski definition) is 2. The zero-order chi connectivity index (χ0) is 22.7. The number of carbonyl (C=O) groups excluding carboxylic acids is 1. The molecule has 1 spiro atoms. The average Bonchev–Trinajstić information content (AvgIpc) is 3.12. The summed E-state index contributed by atoms with van der Waals surface area (Å²) in [5.41, 5.74) is -0.317. The van der Waals surface area contributed by atoms with E-state index in [0.717, 1.165) is 0 Å². The third kappa shape index (κ3) is 3.35. The summed E-state index contributed by atoms with van der Waals surface area (Å²) in [6, 6.07) is 9.52. The van der Waals surface area contributed by atoms with Crippen LogP contribution in [0.4, 0.5) is 10.1 Å². The predicted octanol–water partition coefficient (Wildman–Crippen LogP) is 6.18. The molecule has 2 aliphatic rings. The summed E-state index contributed by atoms with van der Waals surface area (Å²) in [7, 11) is 0. The van der Waals surface area contributed by atoms with Crippen molar-refractivity contribution in [3.05, 3.63) is 75.0 Å². The lowest BCUT2D eigenvalue weighted by Gasteiger charge is -2.39. The molecule has 1 aliphatic heterocycles. The maximum atomic E-state index is 15.3. The second-order valence-corrected chi connectivity index (χ2v) is 10.2. The predicted molar refractivity (Wildman–Crippen MR) is 119 cm³/mol. The number of halogens is 3. The lowest BCUT2D eigenvalue weighted by Crippen LogP contribution is -2.45. The average molecular weight is 462 g/mol. The zero-order valence-electron chi connectivity index (χ0n) is 17.3. The summed E-state index contributed by atoms with van der Waals surface area (Å²) >= 11 is 12.2. The summed E-state index contributed by atoms with van der Waals surface area (Å²) in [6.07, 6.45) is 2.15. The second kappa shape index (κ2) is 7.35. The van der Waals surface area contributed by atoms with Crippen molar-refractivity contribution in [1.82, 2.24) is 0 Å². The SMILES string of the molecule is CC(C)(C)C[C@@H]1C=C(C(=O)O)[C@H](c2cccc(Cl)c2F)[C@]12C(=O)Nc1cc(Cl)ccc12. The quantitative estimate of drug-likeness (QED) is 0.572. The molecule has 3 atom stereocenters. The lowest BCUT2D eigenvalue weighted by molar-refractivity contribution is -0.133. The van der Waals surface area contributed by atoms with Gasteiger partial charge in [0.15, 0.2) is 0 Å². The van der Waals surface area contributed by atoms with E-state index in [-0.39, 0.29) is 27.5 Å². The fraction of sp³-hybridized carbons (Fsp3) is 0.333. The molecule has 0 unspecified atom stereocenters. The fourth-order valence-corrected chi connectivity index (χ4v) is 5.47. The van der Waals surface area contributed by atoms with Gasteiger partial charge in [-0.25, -0.2) is 9.18 Å². The standard InChI is InChI=1S/C24H22Cl2FNO3/c1-23(2,3)11-12-9-15(21(29)30)19(14-5-4-6-17(26)20(14)27)24(12)16-8-7-13(25)10-18(16)28-22(24)31/h4-10,12,19H,11H2,1-3H3,(H,28,31)(H,29,30)/t12-,19-,24-/m0/s1. The fourth-order valence-electron chi connectivity index (χ4n) is 5.12. The van der Waals surface area contributed by atoms with Crippen LogP contribution in [-0.2, 0) is 15.0 Å². The van der Waals surface area contributed by atoms with E-state index in [4.69, 9.17) is 23.2 Å². The van der Waals surface area contributed by atoms with Crippen LogP contribution in [0.25, 0.3) is 0 Å². The van der Waals surface area contributed by atoms with E-state index in [9.17, 15) is 14.7 Å². The number of carbonyl (C=O) groups is 2. The Hall–Kier alpha value is -2.37. The maximum Gasteiger partial charge on any atom is 0.331 e. The molecular formula is C24H22Cl2FNO3. The van der Waals surface area contributed by atoms with E-state index in [1.807, 2.05) is 20.8 Å². The molecule has 2 aromatic rings. The largest absolute Gasteiger partial charge is 0.478 e. The highest BCUT2D eigenvalue weighted by Gasteiger charge is 2.63. The van der Waals surface area contributed by atoms with Crippen LogP contribution in [0.5, 0.6) is 0 Å². The van der Waals surface area contributed by atoms with Gasteiger partial charge in [-0.1, -0.05) is 68.2 Å². The van der Waals surface area contributed by atoms with Gasteiger partial charge in [0.05, 0.1) is 10.4 Å². The van der Waals surface area contributed by atoms with Gasteiger partial charge in [0.2, 0.25) is 5.91 Å². The van der Waals surface area contributed by atoms with Gasteiger partial charge >= 0.3 is 5.97 Å².